The molecule has 1 saturated heterocycles. The zero-order valence-electron chi connectivity index (χ0n) is 17.6. The largest absolute Gasteiger partial charge is 0.356 e. The first-order valence-corrected chi connectivity index (χ1v) is 12.1. The number of hydrogen-bond donors (Lipinski definition) is 1. The predicted octanol–water partition coefficient (Wildman–Crippen LogP) is 3.22. The maximum absolute atomic E-state index is 12.2. The number of carbonyl (C=O) groups excluding carboxylic acids is 1. The number of carbonyl (C=O) groups is 1. The summed E-state index contributed by atoms with van der Waals surface area (Å²) >= 11 is 1.45. The van der Waals surface area contributed by atoms with Crippen molar-refractivity contribution in [1.29, 1.82) is 0 Å². The zero-order valence-corrected chi connectivity index (χ0v) is 18.5. The van der Waals surface area contributed by atoms with Gasteiger partial charge in [-0.15, -0.1) is 11.3 Å². The minimum absolute atomic E-state index is 0.0139. The van der Waals surface area contributed by atoms with E-state index in [2.05, 4.69) is 27.0 Å². The molecular formula is C22H30N6OS. The van der Waals surface area contributed by atoms with E-state index in [1.54, 1.807) is 6.20 Å². The Morgan fingerprint density at radius 1 is 1.20 bits per heavy atom. The number of nitrogens with one attached hydrogen (secondary N) is 1. The predicted molar refractivity (Wildman–Crippen MR) is 119 cm³/mol. The molecule has 0 unspecified atom stereocenters. The number of anilines is 2. The average molecular weight is 427 g/mol. The highest BCUT2D eigenvalue weighted by Crippen LogP contribution is 2.36. The molecule has 3 aliphatic rings. The van der Waals surface area contributed by atoms with Gasteiger partial charge in [-0.2, -0.15) is 0 Å². The van der Waals surface area contributed by atoms with Gasteiger partial charge in [-0.1, -0.05) is 0 Å². The van der Waals surface area contributed by atoms with Crippen LogP contribution in [-0.2, 0) is 11.2 Å². The van der Waals surface area contributed by atoms with Crippen molar-refractivity contribution in [3.63, 3.8) is 0 Å². The third kappa shape index (κ3) is 4.49. The van der Waals surface area contributed by atoms with Crippen LogP contribution in [0.25, 0.3) is 0 Å². The van der Waals surface area contributed by atoms with Gasteiger partial charge in [0, 0.05) is 41.8 Å². The molecule has 2 aliphatic heterocycles. The molecule has 2 aromatic rings. The number of rotatable bonds is 6. The minimum atomic E-state index is 0.0139. The topological polar surface area (TPSA) is 74.2 Å². The van der Waals surface area contributed by atoms with Crippen LogP contribution in [0.15, 0.2) is 11.6 Å². The summed E-state index contributed by atoms with van der Waals surface area (Å²) in [4.78, 5) is 31.2. The Labute approximate surface area is 181 Å². The summed E-state index contributed by atoms with van der Waals surface area (Å²) in [6.45, 7) is 6.68. The van der Waals surface area contributed by atoms with Crippen molar-refractivity contribution in [2.75, 3.05) is 42.9 Å². The van der Waals surface area contributed by atoms with Gasteiger partial charge in [-0.25, -0.2) is 15.0 Å². The molecule has 0 atom stereocenters. The number of likely N-dealkylation sites (tertiary alicyclic amines) is 1. The SMILES string of the molecule is Cc1nc(C2CCN(CC(=O)Nc3nccs3)CC2)nc2c1CCCN2CC1CC1. The van der Waals surface area contributed by atoms with E-state index >= 15 is 0 Å². The van der Waals surface area contributed by atoms with E-state index in [0.717, 1.165) is 57.2 Å². The van der Waals surface area contributed by atoms with Crippen LogP contribution in [0.2, 0.25) is 0 Å². The maximum atomic E-state index is 12.2. The first-order chi connectivity index (χ1) is 14.7. The van der Waals surface area contributed by atoms with Crippen molar-refractivity contribution in [1.82, 2.24) is 19.9 Å². The van der Waals surface area contributed by atoms with E-state index in [4.69, 9.17) is 9.97 Å². The van der Waals surface area contributed by atoms with Crippen LogP contribution in [-0.4, -0.2) is 58.5 Å². The van der Waals surface area contributed by atoms with E-state index in [9.17, 15) is 4.79 Å². The van der Waals surface area contributed by atoms with Gasteiger partial charge >= 0.3 is 0 Å². The Hall–Kier alpha value is -2.06. The molecule has 0 radical (unpaired) electrons. The number of aromatic nitrogens is 3. The summed E-state index contributed by atoms with van der Waals surface area (Å²) in [6.07, 6.45) is 8.78. The standard InChI is InChI=1S/C22H30N6OS/c1-15-18-3-2-9-28(13-16-4-5-16)21(18)26-20(24-15)17-6-10-27(11-7-17)14-19(29)25-22-23-8-12-30-22/h8,12,16-17H,2-7,9-11,13-14H2,1H3,(H,23,25,29). The molecule has 1 N–H and O–H groups in total. The number of thiazole rings is 1. The van der Waals surface area contributed by atoms with Crippen LogP contribution in [0.4, 0.5) is 10.9 Å². The Morgan fingerprint density at radius 3 is 2.77 bits per heavy atom. The van der Waals surface area contributed by atoms with Crippen LogP contribution in [0, 0.1) is 12.8 Å². The Kier molecular flexibility index (Phi) is 5.69. The van der Waals surface area contributed by atoms with Gasteiger partial charge in [0.25, 0.3) is 0 Å². The fourth-order valence-electron chi connectivity index (χ4n) is 4.68. The van der Waals surface area contributed by atoms with Crippen LogP contribution >= 0.6 is 11.3 Å². The van der Waals surface area contributed by atoms with E-state index in [-0.39, 0.29) is 5.91 Å². The normalized spacial score (nSPS) is 20.2. The lowest BCUT2D eigenvalue weighted by atomic mass is 9.95. The molecule has 1 saturated carbocycles. The number of fused-ring (bicyclic) bond motifs is 1. The average Bonchev–Trinajstić information content (AvgIpc) is 3.42. The highest BCUT2D eigenvalue weighted by molar-refractivity contribution is 7.13. The highest BCUT2D eigenvalue weighted by atomic mass is 32.1. The summed E-state index contributed by atoms with van der Waals surface area (Å²) in [7, 11) is 0. The molecule has 1 aliphatic carbocycles. The van der Waals surface area contributed by atoms with Crippen molar-refractivity contribution >= 4 is 28.2 Å². The van der Waals surface area contributed by atoms with Gasteiger partial charge < -0.3 is 10.2 Å². The molecule has 0 aromatic carbocycles. The zero-order chi connectivity index (χ0) is 20.5. The fourth-order valence-corrected chi connectivity index (χ4v) is 5.22. The van der Waals surface area contributed by atoms with Crippen molar-refractivity contribution in [3.8, 4) is 0 Å². The Morgan fingerprint density at radius 2 is 2.03 bits per heavy atom. The third-order valence-electron chi connectivity index (χ3n) is 6.54. The van der Waals surface area contributed by atoms with Crippen LogP contribution in [0.3, 0.4) is 0 Å². The smallest absolute Gasteiger partial charge is 0.240 e. The van der Waals surface area contributed by atoms with Crippen molar-refractivity contribution in [3.05, 3.63) is 28.7 Å². The van der Waals surface area contributed by atoms with Gasteiger partial charge in [0.15, 0.2) is 5.13 Å². The Balaban J connectivity index is 1.21. The third-order valence-corrected chi connectivity index (χ3v) is 7.23. The first-order valence-electron chi connectivity index (χ1n) is 11.2. The molecular weight excluding hydrogens is 396 g/mol. The van der Waals surface area contributed by atoms with Gasteiger partial charge in [0.2, 0.25) is 5.91 Å². The van der Waals surface area contributed by atoms with Crippen LogP contribution < -0.4 is 10.2 Å². The number of hydrogen-bond acceptors (Lipinski definition) is 7. The van der Waals surface area contributed by atoms with E-state index in [1.807, 2.05) is 5.38 Å². The van der Waals surface area contributed by atoms with Crippen molar-refractivity contribution in [2.24, 2.45) is 5.92 Å². The number of piperidine rings is 1. The molecule has 30 heavy (non-hydrogen) atoms. The summed E-state index contributed by atoms with van der Waals surface area (Å²) in [5.74, 6) is 3.49. The second-order valence-electron chi connectivity index (χ2n) is 8.90. The lowest BCUT2D eigenvalue weighted by Crippen LogP contribution is -2.39. The second kappa shape index (κ2) is 8.59. The van der Waals surface area contributed by atoms with E-state index in [1.165, 1.54) is 47.7 Å². The second-order valence-corrected chi connectivity index (χ2v) is 9.79. The summed E-state index contributed by atoms with van der Waals surface area (Å²) in [5.41, 5.74) is 2.53. The molecule has 2 aromatic heterocycles. The molecule has 160 valence electrons. The molecule has 5 rings (SSSR count). The maximum Gasteiger partial charge on any atom is 0.240 e. The van der Waals surface area contributed by atoms with E-state index in [0.29, 0.717) is 17.6 Å². The number of nitrogens with zero attached hydrogens (tertiary/aromatic N) is 5. The van der Waals surface area contributed by atoms with Crippen LogP contribution in [0.5, 0.6) is 0 Å². The summed E-state index contributed by atoms with van der Waals surface area (Å²) in [5, 5.41) is 5.41. The monoisotopic (exact) mass is 426 g/mol. The number of amides is 1. The quantitative estimate of drug-likeness (QED) is 0.765. The highest BCUT2D eigenvalue weighted by Gasteiger charge is 2.30. The van der Waals surface area contributed by atoms with Crippen molar-refractivity contribution < 1.29 is 4.79 Å². The van der Waals surface area contributed by atoms with Gasteiger partial charge in [-0.05, 0) is 64.5 Å². The fraction of sp³-hybridized carbons (Fsp3) is 0.636. The van der Waals surface area contributed by atoms with Gasteiger partial charge in [-0.3, -0.25) is 9.69 Å². The Bertz CT molecular complexity index is 889. The molecule has 7 nitrogen and oxygen atoms in total. The number of aryl methyl sites for hydroxylation is 1. The molecule has 0 bridgehead atoms. The molecule has 0 spiro atoms. The molecule has 8 heteroatoms. The first kappa shape index (κ1) is 19.9. The minimum Gasteiger partial charge on any atom is -0.356 e. The molecule has 2 fully saturated rings. The lowest BCUT2D eigenvalue weighted by Gasteiger charge is -2.34. The van der Waals surface area contributed by atoms with Crippen LogP contribution in [0.1, 0.15) is 55.1 Å². The lowest BCUT2D eigenvalue weighted by molar-refractivity contribution is -0.117. The summed E-state index contributed by atoms with van der Waals surface area (Å²) < 4.78 is 0. The van der Waals surface area contributed by atoms with Gasteiger partial charge in [0.05, 0.1) is 6.54 Å². The van der Waals surface area contributed by atoms with Gasteiger partial charge in [0.1, 0.15) is 11.6 Å². The molecule has 4 heterocycles. The molecule has 1 amide bonds. The van der Waals surface area contributed by atoms with Crippen molar-refractivity contribution in [2.45, 2.75) is 51.4 Å². The van der Waals surface area contributed by atoms with E-state index < -0.39 is 0 Å². The summed E-state index contributed by atoms with van der Waals surface area (Å²) in [6, 6.07) is 0.